The molecular weight excluding hydrogens is 250 g/mol. The van der Waals surface area contributed by atoms with Crippen molar-refractivity contribution in [3.8, 4) is 0 Å². The third-order valence-electron chi connectivity index (χ3n) is 4.10. The summed E-state index contributed by atoms with van der Waals surface area (Å²) in [6.07, 6.45) is 3.91. The molecule has 1 aromatic carbocycles. The van der Waals surface area contributed by atoms with E-state index in [0.29, 0.717) is 5.69 Å². The van der Waals surface area contributed by atoms with E-state index in [-0.39, 0.29) is 5.56 Å². The van der Waals surface area contributed by atoms with E-state index in [2.05, 4.69) is 9.88 Å². The van der Waals surface area contributed by atoms with Gasteiger partial charge in [-0.1, -0.05) is 18.6 Å². The minimum Gasteiger partial charge on any atom is -0.304 e. The van der Waals surface area contributed by atoms with Crippen LogP contribution in [0.1, 0.15) is 25.0 Å². The van der Waals surface area contributed by atoms with Crippen molar-refractivity contribution in [3.63, 3.8) is 0 Å². The number of hydrogen-bond donors (Lipinski definition) is 0. The molecule has 0 radical (unpaired) electrons. The van der Waals surface area contributed by atoms with Gasteiger partial charge in [0.25, 0.3) is 5.56 Å². The van der Waals surface area contributed by atoms with Crippen LogP contribution in [0.15, 0.2) is 29.1 Å². The van der Waals surface area contributed by atoms with Crippen LogP contribution >= 0.6 is 0 Å². The molecule has 0 spiro atoms. The summed E-state index contributed by atoms with van der Waals surface area (Å²) in [5.74, 6) is 0. The molecule has 1 saturated heterocycles. The van der Waals surface area contributed by atoms with Gasteiger partial charge >= 0.3 is 0 Å². The fourth-order valence-corrected chi connectivity index (χ4v) is 2.97. The summed E-state index contributed by atoms with van der Waals surface area (Å²) in [5.41, 5.74) is 2.48. The van der Waals surface area contributed by atoms with Gasteiger partial charge in [-0.2, -0.15) is 0 Å². The molecule has 2 aromatic rings. The lowest BCUT2D eigenvalue weighted by atomic mass is 10.1. The number of para-hydroxylation sites is 2. The maximum absolute atomic E-state index is 12.3. The van der Waals surface area contributed by atoms with Gasteiger partial charge in [-0.25, -0.2) is 4.98 Å². The van der Waals surface area contributed by atoms with E-state index in [9.17, 15) is 4.79 Å². The fourth-order valence-electron chi connectivity index (χ4n) is 2.97. The number of nitrogens with zero attached hydrogens (tertiary/aromatic N) is 3. The van der Waals surface area contributed by atoms with Crippen molar-refractivity contribution in [2.45, 2.75) is 32.7 Å². The molecule has 0 unspecified atom stereocenters. The quantitative estimate of drug-likeness (QED) is 0.859. The minimum atomic E-state index is 0.0423. The van der Waals surface area contributed by atoms with Crippen molar-refractivity contribution >= 4 is 11.0 Å². The number of aromatic nitrogens is 2. The minimum absolute atomic E-state index is 0.0423. The highest BCUT2D eigenvalue weighted by atomic mass is 16.1. The number of aryl methyl sites for hydroxylation is 1. The van der Waals surface area contributed by atoms with Gasteiger partial charge in [-0.3, -0.25) is 4.79 Å². The summed E-state index contributed by atoms with van der Waals surface area (Å²) in [4.78, 5) is 19.2. The molecule has 106 valence electrons. The molecule has 0 N–H and O–H groups in total. The van der Waals surface area contributed by atoms with Crippen LogP contribution in [0.5, 0.6) is 0 Å². The normalized spacial score (nSPS) is 16.6. The Labute approximate surface area is 119 Å². The summed E-state index contributed by atoms with van der Waals surface area (Å²) in [6, 6.07) is 7.89. The lowest BCUT2D eigenvalue weighted by Crippen LogP contribution is -2.35. The van der Waals surface area contributed by atoms with Crippen LogP contribution in [0.4, 0.5) is 0 Å². The molecule has 0 amide bonds. The Morgan fingerprint density at radius 1 is 1.10 bits per heavy atom. The highest BCUT2D eigenvalue weighted by Gasteiger charge is 2.12. The molecule has 20 heavy (non-hydrogen) atoms. The Kier molecular flexibility index (Phi) is 3.83. The van der Waals surface area contributed by atoms with Gasteiger partial charge in [0.05, 0.1) is 11.0 Å². The van der Waals surface area contributed by atoms with E-state index in [4.69, 9.17) is 0 Å². The maximum Gasteiger partial charge on any atom is 0.272 e. The van der Waals surface area contributed by atoms with Crippen molar-refractivity contribution in [1.82, 2.24) is 14.5 Å². The molecule has 0 aliphatic carbocycles. The Balaban J connectivity index is 1.89. The molecule has 4 nitrogen and oxygen atoms in total. The maximum atomic E-state index is 12.3. The van der Waals surface area contributed by atoms with Crippen LogP contribution in [-0.2, 0) is 6.54 Å². The van der Waals surface area contributed by atoms with Gasteiger partial charge in [-0.15, -0.1) is 0 Å². The number of benzene rings is 1. The van der Waals surface area contributed by atoms with Gasteiger partial charge in [0.15, 0.2) is 0 Å². The topological polar surface area (TPSA) is 38.1 Å². The van der Waals surface area contributed by atoms with E-state index in [0.717, 1.165) is 37.2 Å². The number of fused-ring (bicyclic) bond motifs is 1. The van der Waals surface area contributed by atoms with Crippen LogP contribution < -0.4 is 5.56 Å². The van der Waals surface area contributed by atoms with Crippen molar-refractivity contribution < 1.29 is 0 Å². The lowest BCUT2D eigenvalue weighted by molar-refractivity contribution is 0.221. The molecule has 3 rings (SSSR count). The molecule has 1 aromatic heterocycles. The van der Waals surface area contributed by atoms with Crippen LogP contribution in [0.2, 0.25) is 0 Å². The predicted octanol–water partition coefficient (Wildman–Crippen LogP) is 2.19. The summed E-state index contributed by atoms with van der Waals surface area (Å²) < 4.78 is 1.88. The van der Waals surface area contributed by atoms with Crippen LogP contribution in [0, 0.1) is 6.92 Å². The third kappa shape index (κ3) is 2.61. The standard InChI is InChI=1S/C16H21N3O/c1-13-16(20)19(12-11-18-9-5-2-6-10-18)15-8-4-3-7-14(15)17-13/h3-4,7-8H,2,5-6,9-12H2,1H3. The first kappa shape index (κ1) is 13.3. The fraction of sp³-hybridized carbons (Fsp3) is 0.500. The Morgan fingerprint density at radius 2 is 1.85 bits per heavy atom. The van der Waals surface area contributed by atoms with E-state index in [1.165, 1.54) is 19.3 Å². The average Bonchev–Trinajstić information content (AvgIpc) is 2.49. The Bertz CT molecular complexity index is 656. The van der Waals surface area contributed by atoms with Crippen molar-refractivity contribution in [2.24, 2.45) is 0 Å². The molecular formula is C16H21N3O. The molecule has 1 fully saturated rings. The highest BCUT2D eigenvalue weighted by Crippen LogP contribution is 2.11. The second kappa shape index (κ2) is 5.75. The molecule has 4 heteroatoms. The lowest BCUT2D eigenvalue weighted by Gasteiger charge is -2.26. The monoisotopic (exact) mass is 271 g/mol. The molecule has 2 heterocycles. The summed E-state index contributed by atoms with van der Waals surface area (Å²) >= 11 is 0. The van der Waals surface area contributed by atoms with E-state index in [1.54, 1.807) is 6.92 Å². The van der Waals surface area contributed by atoms with Crippen molar-refractivity contribution in [3.05, 3.63) is 40.3 Å². The van der Waals surface area contributed by atoms with Crippen LogP contribution in [-0.4, -0.2) is 34.1 Å². The van der Waals surface area contributed by atoms with Crippen LogP contribution in [0.3, 0.4) is 0 Å². The molecule has 0 atom stereocenters. The predicted molar refractivity (Wildman–Crippen MR) is 81.0 cm³/mol. The molecule has 1 aliphatic rings. The average molecular weight is 271 g/mol. The Morgan fingerprint density at radius 3 is 2.65 bits per heavy atom. The van der Waals surface area contributed by atoms with E-state index in [1.807, 2.05) is 28.8 Å². The second-order valence-electron chi connectivity index (χ2n) is 5.55. The number of rotatable bonds is 3. The summed E-state index contributed by atoms with van der Waals surface area (Å²) in [6.45, 7) is 5.83. The zero-order valence-corrected chi connectivity index (χ0v) is 12.0. The molecule has 0 bridgehead atoms. The number of piperidine rings is 1. The van der Waals surface area contributed by atoms with Crippen molar-refractivity contribution in [2.75, 3.05) is 19.6 Å². The first-order valence-corrected chi connectivity index (χ1v) is 7.44. The summed E-state index contributed by atoms with van der Waals surface area (Å²) in [7, 11) is 0. The van der Waals surface area contributed by atoms with Gasteiger partial charge in [0, 0.05) is 13.1 Å². The van der Waals surface area contributed by atoms with Crippen LogP contribution in [0.25, 0.3) is 11.0 Å². The number of likely N-dealkylation sites (tertiary alicyclic amines) is 1. The Hall–Kier alpha value is -1.68. The zero-order valence-electron chi connectivity index (χ0n) is 12.0. The van der Waals surface area contributed by atoms with Gasteiger partial charge in [0.2, 0.25) is 0 Å². The first-order valence-electron chi connectivity index (χ1n) is 7.44. The SMILES string of the molecule is Cc1nc2ccccc2n(CCN2CCCCC2)c1=O. The number of hydrogen-bond acceptors (Lipinski definition) is 3. The van der Waals surface area contributed by atoms with Crippen molar-refractivity contribution in [1.29, 1.82) is 0 Å². The molecule has 1 aliphatic heterocycles. The summed E-state index contributed by atoms with van der Waals surface area (Å²) in [5, 5.41) is 0. The van der Waals surface area contributed by atoms with Gasteiger partial charge < -0.3 is 9.47 Å². The smallest absolute Gasteiger partial charge is 0.272 e. The largest absolute Gasteiger partial charge is 0.304 e. The third-order valence-corrected chi connectivity index (χ3v) is 4.10. The van der Waals surface area contributed by atoms with Gasteiger partial charge in [0.1, 0.15) is 5.69 Å². The molecule has 0 saturated carbocycles. The second-order valence-corrected chi connectivity index (χ2v) is 5.55. The van der Waals surface area contributed by atoms with Gasteiger partial charge in [-0.05, 0) is 45.0 Å². The van der Waals surface area contributed by atoms with E-state index >= 15 is 0 Å². The first-order chi connectivity index (χ1) is 9.75. The van der Waals surface area contributed by atoms with E-state index < -0.39 is 0 Å². The highest BCUT2D eigenvalue weighted by molar-refractivity contribution is 5.74. The zero-order chi connectivity index (χ0) is 13.9.